The maximum Gasteiger partial charge on any atom is 0.240 e. The Morgan fingerprint density at radius 2 is 2.04 bits per heavy atom. The Morgan fingerprint density at radius 3 is 2.60 bits per heavy atom. The molecule has 0 unspecified atom stereocenters. The third kappa shape index (κ3) is 8.56. The van der Waals surface area contributed by atoms with Crippen molar-refractivity contribution in [1.82, 2.24) is 20.4 Å². The smallest absolute Gasteiger partial charge is 0.240 e. The van der Waals surface area contributed by atoms with Crippen LogP contribution in [0.15, 0.2) is 4.99 Å². The number of hydrogen-bond donors (Lipinski definition) is 2. The van der Waals surface area contributed by atoms with E-state index in [9.17, 15) is 4.79 Å². The molecular weight excluding hydrogens is 314 g/mol. The van der Waals surface area contributed by atoms with Gasteiger partial charge in [-0.1, -0.05) is 13.8 Å². The highest BCUT2D eigenvalue weighted by molar-refractivity contribution is 5.86. The maximum atomic E-state index is 12.2. The van der Waals surface area contributed by atoms with Crippen molar-refractivity contribution in [3.63, 3.8) is 0 Å². The number of nitrogens with zero attached hydrogens (tertiary/aromatic N) is 3. The number of aliphatic imine (C=N–C) groups is 1. The van der Waals surface area contributed by atoms with E-state index >= 15 is 0 Å². The van der Waals surface area contributed by atoms with Crippen molar-refractivity contribution in [2.45, 2.75) is 66.0 Å². The number of nitrogens with one attached hydrogen (secondary N) is 2. The molecule has 1 rings (SSSR count). The minimum absolute atomic E-state index is 0.0166. The molecule has 0 aromatic carbocycles. The molecule has 1 saturated heterocycles. The van der Waals surface area contributed by atoms with Crippen LogP contribution >= 0.6 is 0 Å². The van der Waals surface area contributed by atoms with E-state index in [0.717, 1.165) is 25.6 Å². The van der Waals surface area contributed by atoms with E-state index in [2.05, 4.69) is 36.3 Å². The lowest BCUT2D eigenvalue weighted by Crippen LogP contribution is -2.49. The molecule has 1 amide bonds. The predicted molar refractivity (Wildman–Crippen MR) is 106 cm³/mol. The molecule has 1 aliphatic heterocycles. The lowest BCUT2D eigenvalue weighted by molar-refractivity contribution is -0.122. The van der Waals surface area contributed by atoms with E-state index < -0.39 is 0 Å². The first-order valence-corrected chi connectivity index (χ1v) is 9.67. The average Bonchev–Trinajstić information content (AvgIpc) is 2.87. The summed E-state index contributed by atoms with van der Waals surface area (Å²) in [6, 6.07) is 0.521. The van der Waals surface area contributed by atoms with Gasteiger partial charge in [-0.05, 0) is 53.0 Å². The third-order valence-electron chi connectivity index (χ3n) is 4.14. The second-order valence-corrected chi connectivity index (χ2v) is 8.53. The molecule has 1 atom stereocenters. The number of carbonyl (C=O) groups excluding carboxylic acids is 1. The second-order valence-electron chi connectivity index (χ2n) is 8.53. The molecule has 0 spiro atoms. The monoisotopic (exact) mass is 353 g/mol. The van der Waals surface area contributed by atoms with Crippen LogP contribution in [0.1, 0.15) is 54.4 Å². The average molecular weight is 354 g/mol. The zero-order chi connectivity index (χ0) is 19.0. The van der Waals surface area contributed by atoms with Gasteiger partial charge in [-0.2, -0.15) is 0 Å². The summed E-state index contributed by atoms with van der Waals surface area (Å²) in [5.41, 5.74) is -0.214. The second kappa shape index (κ2) is 10.00. The minimum atomic E-state index is -0.214. The van der Waals surface area contributed by atoms with Crippen molar-refractivity contribution in [1.29, 1.82) is 0 Å². The fourth-order valence-corrected chi connectivity index (χ4v) is 3.22. The summed E-state index contributed by atoms with van der Waals surface area (Å²) >= 11 is 0. The largest absolute Gasteiger partial charge is 0.357 e. The zero-order valence-electron chi connectivity index (χ0n) is 17.4. The molecule has 1 fully saturated rings. The van der Waals surface area contributed by atoms with Gasteiger partial charge in [0.15, 0.2) is 5.96 Å². The van der Waals surface area contributed by atoms with Crippen LogP contribution in [0.25, 0.3) is 0 Å². The van der Waals surface area contributed by atoms with Crippen LogP contribution < -0.4 is 10.6 Å². The van der Waals surface area contributed by atoms with Gasteiger partial charge >= 0.3 is 0 Å². The van der Waals surface area contributed by atoms with Crippen molar-refractivity contribution in [3.8, 4) is 0 Å². The van der Waals surface area contributed by atoms with E-state index in [0.29, 0.717) is 18.5 Å². The standard InChI is InChI=1S/C19H39N5O/c1-8-20-18(23(7)14-17(25)22-19(4,5)6)21-12-16-10-9-11-24(16)13-15(2)3/h15-16H,8-14H2,1-7H3,(H,20,21)(H,22,25)/t16-/m1/s1. The molecule has 6 nitrogen and oxygen atoms in total. The number of rotatable bonds is 7. The summed E-state index contributed by atoms with van der Waals surface area (Å²) in [6.07, 6.45) is 2.47. The fourth-order valence-electron chi connectivity index (χ4n) is 3.22. The predicted octanol–water partition coefficient (Wildman–Crippen LogP) is 1.92. The number of guanidine groups is 1. The van der Waals surface area contributed by atoms with Crippen LogP contribution in [-0.2, 0) is 4.79 Å². The van der Waals surface area contributed by atoms with Crippen LogP contribution in [0.3, 0.4) is 0 Å². The van der Waals surface area contributed by atoms with E-state index in [4.69, 9.17) is 4.99 Å². The Balaban J connectivity index is 2.64. The summed E-state index contributed by atoms with van der Waals surface area (Å²) in [5, 5.41) is 6.31. The number of amides is 1. The molecule has 1 heterocycles. The lowest BCUT2D eigenvalue weighted by atomic mass is 10.1. The molecule has 0 aliphatic carbocycles. The van der Waals surface area contributed by atoms with Crippen LogP contribution in [-0.4, -0.2) is 73.0 Å². The van der Waals surface area contributed by atoms with Gasteiger partial charge < -0.3 is 15.5 Å². The van der Waals surface area contributed by atoms with Gasteiger partial charge in [0.25, 0.3) is 0 Å². The number of likely N-dealkylation sites (N-methyl/N-ethyl adjacent to an activating group) is 1. The first-order valence-electron chi connectivity index (χ1n) is 9.67. The molecule has 0 aromatic rings. The molecular formula is C19H39N5O. The maximum absolute atomic E-state index is 12.2. The van der Waals surface area contributed by atoms with Crippen molar-refractivity contribution < 1.29 is 4.79 Å². The Kier molecular flexibility index (Phi) is 8.69. The molecule has 1 aliphatic rings. The van der Waals surface area contributed by atoms with Gasteiger partial charge in [-0.15, -0.1) is 0 Å². The van der Waals surface area contributed by atoms with E-state index in [1.807, 2.05) is 32.7 Å². The quantitative estimate of drug-likeness (QED) is 0.542. The highest BCUT2D eigenvalue weighted by Gasteiger charge is 2.25. The van der Waals surface area contributed by atoms with E-state index in [1.165, 1.54) is 19.4 Å². The zero-order valence-corrected chi connectivity index (χ0v) is 17.4. The normalized spacial score (nSPS) is 19.4. The fraction of sp³-hybridized carbons (Fsp3) is 0.895. The SMILES string of the molecule is CCNC(=NC[C@H]1CCCN1CC(C)C)N(C)CC(=O)NC(C)(C)C. The first kappa shape index (κ1) is 21.7. The van der Waals surface area contributed by atoms with Crippen LogP contribution in [0.4, 0.5) is 0 Å². The van der Waals surface area contributed by atoms with Gasteiger partial charge in [0.1, 0.15) is 0 Å². The van der Waals surface area contributed by atoms with Gasteiger partial charge in [-0.3, -0.25) is 14.7 Å². The Bertz CT molecular complexity index is 442. The molecule has 146 valence electrons. The molecule has 2 N–H and O–H groups in total. The van der Waals surface area contributed by atoms with Crippen molar-refractivity contribution in [2.24, 2.45) is 10.9 Å². The Labute approximate surface area is 154 Å². The summed E-state index contributed by atoms with van der Waals surface area (Å²) in [6.45, 7) is 16.8. The first-order chi connectivity index (χ1) is 11.6. The Morgan fingerprint density at radius 1 is 1.36 bits per heavy atom. The number of likely N-dealkylation sites (tertiary alicyclic amines) is 1. The van der Waals surface area contributed by atoms with E-state index in [1.54, 1.807) is 0 Å². The van der Waals surface area contributed by atoms with Gasteiger partial charge in [0, 0.05) is 31.7 Å². The molecule has 6 heteroatoms. The van der Waals surface area contributed by atoms with Crippen molar-refractivity contribution in [2.75, 3.05) is 39.8 Å². The highest BCUT2D eigenvalue weighted by Crippen LogP contribution is 2.18. The van der Waals surface area contributed by atoms with E-state index in [-0.39, 0.29) is 11.4 Å². The molecule has 0 bridgehead atoms. The van der Waals surface area contributed by atoms with Gasteiger partial charge in [0.2, 0.25) is 5.91 Å². The number of carbonyl (C=O) groups is 1. The molecule has 0 saturated carbocycles. The van der Waals surface area contributed by atoms with Crippen molar-refractivity contribution >= 4 is 11.9 Å². The highest BCUT2D eigenvalue weighted by atomic mass is 16.2. The van der Waals surface area contributed by atoms with Crippen LogP contribution in [0.5, 0.6) is 0 Å². The van der Waals surface area contributed by atoms with Crippen LogP contribution in [0.2, 0.25) is 0 Å². The van der Waals surface area contributed by atoms with Crippen LogP contribution in [0, 0.1) is 5.92 Å². The molecule has 0 radical (unpaired) electrons. The summed E-state index contributed by atoms with van der Waals surface area (Å²) in [4.78, 5) is 21.4. The topological polar surface area (TPSA) is 60.0 Å². The summed E-state index contributed by atoms with van der Waals surface area (Å²) < 4.78 is 0. The summed E-state index contributed by atoms with van der Waals surface area (Å²) in [7, 11) is 1.92. The summed E-state index contributed by atoms with van der Waals surface area (Å²) in [5.74, 6) is 1.51. The Hall–Kier alpha value is -1.30. The van der Waals surface area contributed by atoms with Gasteiger partial charge in [-0.25, -0.2) is 0 Å². The third-order valence-corrected chi connectivity index (χ3v) is 4.14. The molecule has 0 aromatic heterocycles. The van der Waals surface area contributed by atoms with Gasteiger partial charge in [0.05, 0.1) is 13.1 Å². The number of hydrogen-bond acceptors (Lipinski definition) is 3. The lowest BCUT2D eigenvalue weighted by Gasteiger charge is -2.27. The van der Waals surface area contributed by atoms with Crippen molar-refractivity contribution in [3.05, 3.63) is 0 Å². The molecule has 25 heavy (non-hydrogen) atoms. The minimum Gasteiger partial charge on any atom is -0.357 e.